The third-order valence-corrected chi connectivity index (χ3v) is 2.58. The first-order valence-electron chi connectivity index (χ1n) is 5.75. The predicted molar refractivity (Wildman–Crippen MR) is 72.2 cm³/mol. The van der Waals surface area contributed by atoms with Crippen LogP contribution in [0.2, 0.25) is 0 Å². The number of carbonyl (C=O) groups is 2. The van der Waals surface area contributed by atoms with E-state index in [1.165, 1.54) is 12.3 Å². The largest absolute Gasteiger partial charge is 0.478 e. The van der Waals surface area contributed by atoms with Gasteiger partial charge in [-0.2, -0.15) is 15.4 Å². The lowest BCUT2D eigenvalue weighted by Crippen LogP contribution is -2.13. The molecule has 7 heteroatoms. The molecule has 0 aliphatic heterocycles. The molecule has 0 fully saturated rings. The first kappa shape index (κ1) is 13.5. The number of aromatic nitrogens is 3. The first-order valence-corrected chi connectivity index (χ1v) is 5.75. The molecule has 1 aromatic carbocycles. The standard InChI is InChI=1S/C13H12N4O3/c1-8-2-3-9(4-5-12(18)19)6-10(8)15-13(20)11-7-14-17-16-11/h2-7H,1H3,(H,15,20)(H,18,19)(H,14,16,17)/b5-4+. The fourth-order valence-corrected chi connectivity index (χ4v) is 1.54. The van der Waals surface area contributed by atoms with Crippen molar-refractivity contribution in [2.24, 2.45) is 0 Å². The van der Waals surface area contributed by atoms with E-state index < -0.39 is 5.97 Å². The van der Waals surface area contributed by atoms with Crippen molar-refractivity contribution < 1.29 is 14.7 Å². The number of nitrogens with one attached hydrogen (secondary N) is 2. The summed E-state index contributed by atoms with van der Waals surface area (Å²) >= 11 is 0. The van der Waals surface area contributed by atoms with Gasteiger partial charge >= 0.3 is 5.97 Å². The van der Waals surface area contributed by atoms with Crippen molar-refractivity contribution in [1.29, 1.82) is 0 Å². The van der Waals surface area contributed by atoms with Crippen LogP contribution in [0.5, 0.6) is 0 Å². The molecule has 2 aromatic rings. The Morgan fingerprint density at radius 3 is 2.85 bits per heavy atom. The SMILES string of the molecule is Cc1ccc(/C=C/C(=O)O)cc1NC(=O)c1cn[nH]n1. The van der Waals surface area contributed by atoms with Gasteiger partial charge in [-0.15, -0.1) is 0 Å². The van der Waals surface area contributed by atoms with Crippen LogP contribution in [0.4, 0.5) is 5.69 Å². The van der Waals surface area contributed by atoms with E-state index in [9.17, 15) is 9.59 Å². The molecule has 0 atom stereocenters. The summed E-state index contributed by atoms with van der Waals surface area (Å²) in [5, 5.41) is 20.9. The number of carbonyl (C=O) groups excluding carboxylic acids is 1. The Morgan fingerprint density at radius 1 is 1.40 bits per heavy atom. The average Bonchev–Trinajstić information content (AvgIpc) is 2.93. The van der Waals surface area contributed by atoms with Crippen LogP contribution < -0.4 is 5.32 Å². The second-order valence-electron chi connectivity index (χ2n) is 4.06. The van der Waals surface area contributed by atoms with Gasteiger partial charge in [0.15, 0.2) is 5.69 Å². The Bertz CT molecular complexity index is 662. The van der Waals surface area contributed by atoms with Crippen molar-refractivity contribution in [2.45, 2.75) is 6.92 Å². The molecule has 1 amide bonds. The van der Waals surface area contributed by atoms with Crippen LogP contribution >= 0.6 is 0 Å². The van der Waals surface area contributed by atoms with Crippen LogP contribution in [0.3, 0.4) is 0 Å². The van der Waals surface area contributed by atoms with Gasteiger partial charge in [0.25, 0.3) is 5.91 Å². The van der Waals surface area contributed by atoms with Crippen molar-refractivity contribution >= 4 is 23.6 Å². The van der Waals surface area contributed by atoms with Gasteiger partial charge in [0.05, 0.1) is 6.20 Å². The van der Waals surface area contributed by atoms with Gasteiger partial charge in [0.2, 0.25) is 0 Å². The number of hydrogen-bond acceptors (Lipinski definition) is 4. The fraction of sp³-hybridized carbons (Fsp3) is 0.0769. The van der Waals surface area contributed by atoms with Gasteiger partial charge in [-0.3, -0.25) is 4.79 Å². The Kier molecular flexibility index (Phi) is 3.90. The zero-order valence-electron chi connectivity index (χ0n) is 10.6. The van der Waals surface area contributed by atoms with Gasteiger partial charge in [0, 0.05) is 11.8 Å². The lowest BCUT2D eigenvalue weighted by atomic mass is 10.1. The number of amides is 1. The molecule has 1 aromatic heterocycles. The molecule has 0 bridgehead atoms. The summed E-state index contributed by atoms with van der Waals surface area (Å²) in [6.07, 6.45) is 3.81. The normalized spacial score (nSPS) is 10.7. The van der Waals surface area contributed by atoms with E-state index in [-0.39, 0.29) is 11.6 Å². The zero-order valence-corrected chi connectivity index (χ0v) is 10.6. The number of hydrogen-bond donors (Lipinski definition) is 3. The molecule has 1 heterocycles. The molecule has 102 valence electrons. The number of nitrogens with zero attached hydrogens (tertiary/aromatic N) is 2. The molecule has 20 heavy (non-hydrogen) atoms. The quantitative estimate of drug-likeness (QED) is 0.730. The maximum atomic E-state index is 11.9. The van der Waals surface area contributed by atoms with Crippen molar-refractivity contribution in [3.63, 3.8) is 0 Å². The van der Waals surface area contributed by atoms with Gasteiger partial charge < -0.3 is 10.4 Å². The third kappa shape index (κ3) is 3.29. The van der Waals surface area contributed by atoms with Crippen molar-refractivity contribution in [1.82, 2.24) is 15.4 Å². The molecular formula is C13H12N4O3. The Balaban J connectivity index is 2.20. The number of H-pyrrole nitrogens is 1. The van der Waals surface area contributed by atoms with E-state index in [1.54, 1.807) is 18.2 Å². The van der Waals surface area contributed by atoms with Gasteiger partial charge in [-0.05, 0) is 30.2 Å². The van der Waals surface area contributed by atoms with E-state index in [2.05, 4.69) is 20.7 Å². The number of anilines is 1. The minimum absolute atomic E-state index is 0.177. The molecule has 3 N–H and O–H groups in total. The van der Waals surface area contributed by atoms with Crippen LogP contribution in [-0.4, -0.2) is 32.4 Å². The monoisotopic (exact) mass is 272 g/mol. The van der Waals surface area contributed by atoms with E-state index >= 15 is 0 Å². The number of rotatable bonds is 4. The number of benzene rings is 1. The minimum Gasteiger partial charge on any atom is -0.478 e. The number of carboxylic acids is 1. The number of aryl methyl sites for hydroxylation is 1. The second-order valence-corrected chi connectivity index (χ2v) is 4.06. The van der Waals surface area contributed by atoms with E-state index in [4.69, 9.17) is 5.11 Å². The maximum absolute atomic E-state index is 11.9. The lowest BCUT2D eigenvalue weighted by Gasteiger charge is -2.08. The van der Waals surface area contributed by atoms with E-state index in [0.717, 1.165) is 11.6 Å². The number of aromatic amines is 1. The molecule has 7 nitrogen and oxygen atoms in total. The van der Waals surface area contributed by atoms with Gasteiger partial charge in [-0.1, -0.05) is 12.1 Å². The predicted octanol–water partition coefficient (Wildman–Crippen LogP) is 1.46. The van der Waals surface area contributed by atoms with Crippen molar-refractivity contribution in [3.8, 4) is 0 Å². The molecule has 0 saturated heterocycles. The molecule has 0 radical (unpaired) electrons. The fourth-order valence-electron chi connectivity index (χ4n) is 1.54. The minimum atomic E-state index is -1.03. The Hall–Kier alpha value is -2.96. The molecule has 0 aliphatic rings. The summed E-state index contributed by atoms with van der Waals surface area (Å²) in [6, 6.07) is 5.24. The highest BCUT2D eigenvalue weighted by Crippen LogP contribution is 2.18. The van der Waals surface area contributed by atoms with Crippen molar-refractivity contribution in [3.05, 3.63) is 47.3 Å². The summed E-state index contributed by atoms with van der Waals surface area (Å²) in [6.45, 7) is 1.84. The molecule has 2 rings (SSSR count). The highest BCUT2D eigenvalue weighted by atomic mass is 16.4. The summed E-state index contributed by atoms with van der Waals surface area (Å²) in [4.78, 5) is 22.3. The highest BCUT2D eigenvalue weighted by molar-refractivity contribution is 6.03. The van der Waals surface area contributed by atoms with Crippen molar-refractivity contribution in [2.75, 3.05) is 5.32 Å². The van der Waals surface area contributed by atoms with Crippen LogP contribution in [0.1, 0.15) is 21.6 Å². The smallest absolute Gasteiger partial charge is 0.328 e. The molecule has 0 unspecified atom stereocenters. The summed E-state index contributed by atoms with van der Waals surface area (Å²) < 4.78 is 0. The number of carboxylic acid groups (broad SMARTS) is 1. The molecular weight excluding hydrogens is 260 g/mol. The Labute approximate surface area is 114 Å². The van der Waals surface area contributed by atoms with Crippen LogP contribution in [0.15, 0.2) is 30.5 Å². The second kappa shape index (κ2) is 5.79. The van der Waals surface area contributed by atoms with Crippen LogP contribution in [0.25, 0.3) is 6.08 Å². The highest BCUT2D eigenvalue weighted by Gasteiger charge is 2.10. The third-order valence-electron chi connectivity index (χ3n) is 2.58. The number of aliphatic carboxylic acids is 1. The summed E-state index contributed by atoms with van der Waals surface area (Å²) in [7, 11) is 0. The zero-order chi connectivity index (χ0) is 14.5. The lowest BCUT2D eigenvalue weighted by molar-refractivity contribution is -0.131. The molecule has 0 saturated carbocycles. The average molecular weight is 272 g/mol. The first-order chi connectivity index (χ1) is 9.56. The van der Waals surface area contributed by atoms with Crippen LogP contribution in [-0.2, 0) is 4.79 Å². The van der Waals surface area contributed by atoms with Gasteiger partial charge in [0.1, 0.15) is 0 Å². The van der Waals surface area contributed by atoms with Crippen LogP contribution in [0, 0.1) is 6.92 Å². The molecule has 0 aliphatic carbocycles. The van der Waals surface area contributed by atoms with Gasteiger partial charge in [-0.25, -0.2) is 4.79 Å². The summed E-state index contributed by atoms with van der Waals surface area (Å²) in [5.41, 5.74) is 2.30. The summed E-state index contributed by atoms with van der Waals surface area (Å²) in [5.74, 6) is -1.42. The molecule has 0 spiro atoms. The maximum Gasteiger partial charge on any atom is 0.328 e. The van der Waals surface area contributed by atoms with E-state index in [0.29, 0.717) is 11.3 Å². The topological polar surface area (TPSA) is 108 Å². The van der Waals surface area contributed by atoms with E-state index in [1.807, 2.05) is 6.92 Å². The Morgan fingerprint density at radius 2 is 2.20 bits per heavy atom.